The molecular formula is C19H34FN5O. The van der Waals surface area contributed by atoms with Gasteiger partial charge in [-0.25, -0.2) is 4.39 Å². The molecule has 6 atom stereocenters. The number of likely N-dealkylation sites (tertiary alicyclic amines) is 1. The second kappa shape index (κ2) is 7.70. The third-order valence-corrected chi connectivity index (χ3v) is 7.13. The maximum Gasteiger partial charge on any atom is 0.238 e. The zero-order valence-corrected chi connectivity index (χ0v) is 16.1. The van der Waals surface area contributed by atoms with Crippen molar-refractivity contribution in [2.45, 2.75) is 69.5 Å². The number of alkyl halides is 1. The van der Waals surface area contributed by atoms with Crippen LogP contribution in [0.2, 0.25) is 0 Å². The van der Waals surface area contributed by atoms with Crippen molar-refractivity contribution in [3.63, 3.8) is 0 Å². The monoisotopic (exact) mass is 367 g/mol. The fraction of sp³-hybridized carbons (Fsp3) is 0.947. The summed E-state index contributed by atoms with van der Waals surface area (Å²) in [4.78, 5) is 17.6. The summed E-state index contributed by atoms with van der Waals surface area (Å²) in [6.07, 6.45) is 3.83. The molecule has 3 saturated heterocycles. The number of carbonyl (C=O) groups excluding carboxylic acids is 1. The number of halogens is 1. The Morgan fingerprint density at radius 3 is 2.69 bits per heavy atom. The number of rotatable bonds is 3. The van der Waals surface area contributed by atoms with E-state index >= 15 is 0 Å². The fourth-order valence-electron chi connectivity index (χ4n) is 5.40. The molecule has 0 aromatic heterocycles. The van der Waals surface area contributed by atoms with Crippen LogP contribution in [0.4, 0.5) is 4.39 Å². The SMILES string of the molecule is CC1CCC(F)C2CC(C(=O)NC3CN(C4CCN(C)CC4)CN3)NC12. The molecule has 4 fully saturated rings. The molecule has 7 heteroatoms. The summed E-state index contributed by atoms with van der Waals surface area (Å²) in [6.45, 7) is 6.17. The minimum absolute atomic E-state index is 0.00163. The number of amides is 1. The first-order valence-electron chi connectivity index (χ1n) is 10.4. The van der Waals surface area contributed by atoms with Gasteiger partial charge in [0.2, 0.25) is 5.91 Å². The van der Waals surface area contributed by atoms with Crippen molar-refractivity contribution < 1.29 is 9.18 Å². The van der Waals surface area contributed by atoms with E-state index in [0.717, 1.165) is 32.7 Å². The van der Waals surface area contributed by atoms with Crippen LogP contribution in [0.3, 0.4) is 0 Å². The Kier molecular flexibility index (Phi) is 5.51. The predicted molar refractivity (Wildman–Crippen MR) is 99.3 cm³/mol. The van der Waals surface area contributed by atoms with Crippen molar-refractivity contribution in [2.24, 2.45) is 11.8 Å². The largest absolute Gasteiger partial charge is 0.338 e. The number of fused-ring (bicyclic) bond motifs is 1. The quantitative estimate of drug-likeness (QED) is 0.678. The molecule has 3 N–H and O–H groups in total. The maximum absolute atomic E-state index is 14.2. The van der Waals surface area contributed by atoms with Crippen LogP contribution >= 0.6 is 0 Å². The van der Waals surface area contributed by atoms with Gasteiger partial charge in [0.05, 0.1) is 18.9 Å². The lowest BCUT2D eigenvalue weighted by Gasteiger charge is -2.34. The molecule has 6 nitrogen and oxygen atoms in total. The lowest BCUT2D eigenvalue weighted by atomic mass is 9.77. The summed E-state index contributed by atoms with van der Waals surface area (Å²) in [5, 5.41) is 10.0. The van der Waals surface area contributed by atoms with Crippen LogP contribution in [0.15, 0.2) is 0 Å². The number of hydrogen-bond acceptors (Lipinski definition) is 5. The van der Waals surface area contributed by atoms with Crippen LogP contribution in [-0.4, -0.2) is 79.5 Å². The molecule has 3 heterocycles. The summed E-state index contributed by atoms with van der Waals surface area (Å²) >= 11 is 0. The first-order valence-corrected chi connectivity index (χ1v) is 10.4. The van der Waals surface area contributed by atoms with E-state index in [1.807, 2.05) is 0 Å². The molecule has 4 aliphatic rings. The standard InChI is InChI=1S/C19H34FN5O/c1-12-3-4-15(20)14-9-16(22-18(12)14)19(26)23-17-10-25(11-21-17)13-5-7-24(2)8-6-13/h12-18,21-22H,3-11H2,1-2H3,(H,23,26). The van der Waals surface area contributed by atoms with E-state index in [1.165, 1.54) is 12.8 Å². The van der Waals surface area contributed by atoms with Gasteiger partial charge >= 0.3 is 0 Å². The van der Waals surface area contributed by atoms with Crippen molar-refractivity contribution in [1.82, 2.24) is 25.8 Å². The summed E-state index contributed by atoms with van der Waals surface area (Å²) < 4.78 is 14.2. The van der Waals surface area contributed by atoms with Crippen molar-refractivity contribution in [2.75, 3.05) is 33.4 Å². The first kappa shape index (κ1) is 18.6. The highest BCUT2D eigenvalue weighted by atomic mass is 19.1. The lowest BCUT2D eigenvalue weighted by molar-refractivity contribution is -0.123. The highest BCUT2D eigenvalue weighted by Gasteiger charge is 2.46. The molecule has 3 aliphatic heterocycles. The molecule has 148 valence electrons. The molecular weight excluding hydrogens is 333 g/mol. The van der Waals surface area contributed by atoms with Crippen LogP contribution < -0.4 is 16.0 Å². The Bertz CT molecular complexity index is 494. The van der Waals surface area contributed by atoms with Gasteiger partial charge in [0.25, 0.3) is 0 Å². The van der Waals surface area contributed by atoms with Gasteiger partial charge in [-0.2, -0.15) is 0 Å². The Morgan fingerprint density at radius 1 is 1.19 bits per heavy atom. The average Bonchev–Trinajstić information content (AvgIpc) is 3.27. The van der Waals surface area contributed by atoms with Crippen molar-refractivity contribution >= 4 is 5.91 Å². The normalized spacial score (nSPS) is 42.7. The minimum atomic E-state index is -0.758. The van der Waals surface area contributed by atoms with Gasteiger partial charge in [0.1, 0.15) is 6.17 Å². The van der Waals surface area contributed by atoms with Gasteiger partial charge < -0.3 is 15.5 Å². The van der Waals surface area contributed by atoms with E-state index < -0.39 is 6.17 Å². The van der Waals surface area contributed by atoms with E-state index in [-0.39, 0.29) is 30.1 Å². The third kappa shape index (κ3) is 3.77. The van der Waals surface area contributed by atoms with E-state index in [1.54, 1.807) is 0 Å². The molecule has 0 aromatic carbocycles. The Labute approximate surface area is 156 Å². The predicted octanol–water partition coefficient (Wildman–Crippen LogP) is 0.500. The summed E-state index contributed by atoms with van der Waals surface area (Å²) in [6, 6.07) is 0.519. The summed E-state index contributed by atoms with van der Waals surface area (Å²) in [7, 11) is 2.18. The average molecular weight is 368 g/mol. The Balaban J connectivity index is 1.27. The minimum Gasteiger partial charge on any atom is -0.338 e. The molecule has 1 aliphatic carbocycles. The van der Waals surface area contributed by atoms with E-state index in [2.05, 4.69) is 39.7 Å². The molecule has 4 rings (SSSR count). The topological polar surface area (TPSA) is 59.6 Å². The van der Waals surface area contributed by atoms with Crippen LogP contribution in [0.5, 0.6) is 0 Å². The highest BCUT2D eigenvalue weighted by molar-refractivity contribution is 5.82. The molecule has 0 spiro atoms. The van der Waals surface area contributed by atoms with Crippen molar-refractivity contribution in [3.8, 4) is 0 Å². The molecule has 0 aromatic rings. The molecule has 0 bridgehead atoms. The number of nitrogens with zero attached hydrogens (tertiary/aromatic N) is 2. The van der Waals surface area contributed by atoms with Gasteiger partial charge in [-0.1, -0.05) is 6.92 Å². The van der Waals surface area contributed by atoms with Crippen LogP contribution in [0, 0.1) is 11.8 Å². The van der Waals surface area contributed by atoms with Gasteiger partial charge in [-0.05, 0) is 58.2 Å². The third-order valence-electron chi connectivity index (χ3n) is 7.13. The number of piperidine rings is 1. The van der Waals surface area contributed by atoms with Gasteiger partial charge in [0, 0.05) is 24.5 Å². The fourth-order valence-corrected chi connectivity index (χ4v) is 5.40. The molecule has 6 unspecified atom stereocenters. The van der Waals surface area contributed by atoms with Crippen molar-refractivity contribution in [1.29, 1.82) is 0 Å². The van der Waals surface area contributed by atoms with E-state index in [9.17, 15) is 9.18 Å². The second-order valence-electron chi connectivity index (χ2n) is 8.94. The van der Waals surface area contributed by atoms with E-state index in [0.29, 0.717) is 24.8 Å². The molecule has 1 amide bonds. The van der Waals surface area contributed by atoms with Gasteiger partial charge in [0.15, 0.2) is 0 Å². The number of nitrogens with one attached hydrogen (secondary N) is 3. The first-order chi connectivity index (χ1) is 12.5. The smallest absolute Gasteiger partial charge is 0.238 e. The number of hydrogen-bond donors (Lipinski definition) is 3. The lowest BCUT2D eigenvalue weighted by Crippen LogP contribution is -2.51. The van der Waals surface area contributed by atoms with E-state index in [4.69, 9.17) is 0 Å². The van der Waals surface area contributed by atoms with Gasteiger partial charge in [-0.3, -0.25) is 15.0 Å². The summed E-state index contributed by atoms with van der Waals surface area (Å²) in [5.41, 5.74) is 0. The zero-order chi connectivity index (χ0) is 18.3. The van der Waals surface area contributed by atoms with Crippen LogP contribution in [0.25, 0.3) is 0 Å². The summed E-state index contributed by atoms with van der Waals surface area (Å²) in [5.74, 6) is 0.484. The molecule has 1 saturated carbocycles. The number of carbonyl (C=O) groups is 1. The van der Waals surface area contributed by atoms with Gasteiger partial charge in [-0.15, -0.1) is 0 Å². The van der Waals surface area contributed by atoms with Crippen molar-refractivity contribution in [3.05, 3.63) is 0 Å². The van der Waals surface area contributed by atoms with Crippen LogP contribution in [-0.2, 0) is 4.79 Å². The molecule has 0 radical (unpaired) electrons. The second-order valence-corrected chi connectivity index (χ2v) is 8.94. The Hall–Kier alpha value is -0.760. The molecule has 26 heavy (non-hydrogen) atoms. The zero-order valence-electron chi connectivity index (χ0n) is 16.1. The highest BCUT2D eigenvalue weighted by Crippen LogP contribution is 2.38. The van der Waals surface area contributed by atoms with Crippen LogP contribution in [0.1, 0.15) is 39.0 Å². The maximum atomic E-state index is 14.2. The Morgan fingerprint density at radius 2 is 1.96 bits per heavy atom.